The molecule has 0 radical (unpaired) electrons. The molecule has 0 N–H and O–H groups in total. The Kier molecular flexibility index (Phi) is 8.20. The van der Waals surface area contributed by atoms with Crippen molar-refractivity contribution in [2.45, 2.75) is 12.8 Å². The lowest BCUT2D eigenvalue weighted by Crippen LogP contribution is -2.37. The molecule has 0 fully saturated rings. The van der Waals surface area contributed by atoms with Crippen LogP contribution in [0.25, 0.3) is 0 Å². The molecule has 0 heterocycles. The van der Waals surface area contributed by atoms with Gasteiger partial charge in [0.1, 0.15) is 0 Å². The average molecular weight is 495 g/mol. The molecule has 0 atom stereocenters. The van der Waals surface area contributed by atoms with Crippen LogP contribution in [0.15, 0.2) is 146 Å². The zero-order valence-corrected chi connectivity index (χ0v) is 22.4. The molecule has 0 unspecified atom stereocenters. The summed E-state index contributed by atoms with van der Waals surface area (Å²) < 4.78 is 0. The Morgan fingerprint density at radius 1 is 0.333 bits per heavy atom. The van der Waals surface area contributed by atoms with E-state index in [2.05, 4.69) is 157 Å². The molecule has 2 heteroatoms. The van der Waals surface area contributed by atoms with Crippen LogP contribution in [0.5, 0.6) is 0 Å². The third-order valence-corrected chi connectivity index (χ3v) is 11.6. The Morgan fingerprint density at radius 3 is 0.861 bits per heavy atom. The molecule has 0 aliphatic heterocycles. The molecular weight excluding hydrogens is 465 g/mol. The predicted octanol–water partition coefficient (Wildman–Crippen LogP) is 4.16. The molecular formula is C34H30Si2. The molecule has 0 bridgehead atoms. The van der Waals surface area contributed by atoms with Gasteiger partial charge in [0.05, 0.1) is 16.8 Å². The standard InChI is InChI=1S/C34H30Si2/c1-5-17-31(18-6-1)35(32-19-7-2-8-20-32)27-25-29-15-13-14-16-30(29)26-28-36(33-21-9-3-10-22-33)34-23-11-4-12-24-34/h1-24,27-28H,25-26H2. The number of hydrogen-bond donors (Lipinski definition) is 0. The van der Waals surface area contributed by atoms with Gasteiger partial charge in [-0.15, -0.1) is 0 Å². The quantitative estimate of drug-likeness (QED) is 0.284. The molecule has 0 aliphatic carbocycles. The van der Waals surface area contributed by atoms with E-state index in [0.29, 0.717) is 0 Å². The lowest BCUT2D eigenvalue weighted by atomic mass is 10.0. The largest absolute Gasteiger partial charge is 0.0909 e. The molecule has 0 amide bonds. The molecule has 0 saturated carbocycles. The highest BCUT2D eigenvalue weighted by atomic mass is 28.2. The predicted molar refractivity (Wildman–Crippen MR) is 162 cm³/mol. The van der Waals surface area contributed by atoms with Gasteiger partial charge in [0.15, 0.2) is 0 Å². The summed E-state index contributed by atoms with van der Waals surface area (Å²) in [5.74, 6) is 0. The van der Waals surface area contributed by atoms with Crippen molar-refractivity contribution in [2.24, 2.45) is 0 Å². The maximum Gasteiger partial charge on any atom is 0.0763 e. The van der Waals surface area contributed by atoms with E-state index < -0.39 is 16.8 Å². The maximum atomic E-state index is 2.58. The summed E-state index contributed by atoms with van der Waals surface area (Å²) in [5, 5.41) is 5.76. The first kappa shape index (κ1) is 24.0. The van der Waals surface area contributed by atoms with Crippen molar-refractivity contribution >= 4 is 48.9 Å². The SMILES string of the molecule is C(Cc1ccccc1CC=[Si](c1ccccc1)c1ccccc1)=[Si](c1ccccc1)c1ccccc1. The Hall–Kier alpha value is -3.73. The van der Waals surface area contributed by atoms with Gasteiger partial charge < -0.3 is 0 Å². The normalized spacial score (nSPS) is 10.4. The minimum atomic E-state index is -0.959. The van der Waals surface area contributed by atoms with E-state index in [4.69, 9.17) is 0 Å². The summed E-state index contributed by atoms with van der Waals surface area (Å²) in [6.07, 6.45) is 1.97. The Balaban J connectivity index is 1.47. The van der Waals surface area contributed by atoms with Crippen LogP contribution in [0.1, 0.15) is 11.1 Å². The number of rotatable bonds is 8. The molecule has 5 aromatic rings. The van der Waals surface area contributed by atoms with Crippen LogP contribution in [0.2, 0.25) is 0 Å². The van der Waals surface area contributed by atoms with E-state index in [0.717, 1.165) is 12.8 Å². The molecule has 0 nitrogen and oxygen atoms in total. The Labute approximate surface area is 218 Å². The fourth-order valence-electron chi connectivity index (χ4n) is 4.66. The van der Waals surface area contributed by atoms with Crippen LogP contribution < -0.4 is 20.7 Å². The number of benzene rings is 5. The van der Waals surface area contributed by atoms with Crippen LogP contribution in [0, 0.1) is 0 Å². The minimum Gasteiger partial charge on any atom is -0.0909 e. The molecule has 36 heavy (non-hydrogen) atoms. The summed E-state index contributed by atoms with van der Waals surface area (Å²) in [4.78, 5) is 0. The zero-order chi connectivity index (χ0) is 24.4. The van der Waals surface area contributed by atoms with Crippen molar-refractivity contribution in [1.82, 2.24) is 0 Å². The van der Waals surface area contributed by atoms with Crippen LogP contribution in [0.3, 0.4) is 0 Å². The van der Waals surface area contributed by atoms with E-state index in [1.165, 1.54) is 31.9 Å². The minimum absolute atomic E-state index is 0.959. The lowest BCUT2D eigenvalue weighted by molar-refractivity contribution is 1.24. The summed E-state index contributed by atoms with van der Waals surface area (Å²) in [7, 11) is -1.92. The molecule has 5 rings (SSSR count). The van der Waals surface area contributed by atoms with Gasteiger partial charge in [-0.05, 0) is 44.7 Å². The first-order valence-corrected chi connectivity index (χ1v) is 15.7. The topological polar surface area (TPSA) is 0 Å². The van der Waals surface area contributed by atoms with Gasteiger partial charge >= 0.3 is 0 Å². The fourth-order valence-corrected chi connectivity index (χ4v) is 9.32. The second-order valence-electron chi connectivity index (χ2n) is 8.88. The van der Waals surface area contributed by atoms with Crippen molar-refractivity contribution in [3.05, 3.63) is 157 Å². The van der Waals surface area contributed by atoms with Gasteiger partial charge in [-0.1, -0.05) is 157 Å². The molecule has 0 aromatic heterocycles. The summed E-state index contributed by atoms with van der Waals surface area (Å²) in [6.45, 7) is 0. The molecule has 5 aromatic carbocycles. The highest BCUT2D eigenvalue weighted by molar-refractivity contribution is 6.89. The lowest BCUT2D eigenvalue weighted by Gasteiger charge is -2.11. The number of hydrogen-bond acceptors (Lipinski definition) is 0. The van der Waals surface area contributed by atoms with Crippen LogP contribution in [-0.2, 0) is 12.8 Å². The van der Waals surface area contributed by atoms with E-state index in [1.807, 2.05) is 0 Å². The van der Waals surface area contributed by atoms with Gasteiger partial charge in [-0.3, -0.25) is 0 Å². The second kappa shape index (κ2) is 12.3. The van der Waals surface area contributed by atoms with Crippen molar-refractivity contribution in [3.8, 4) is 0 Å². The Bertz CT molecular complexity index is 1240. The zero-order valence-electron chi connectivity index (χ0n) is 20.4. The summed E-state index contributed by atoms with van der Waals surface area (Å²) >= 11 is 0. The van der Waals surface area contributed by atoms with Crippen LogP contribution in [-0.4, -0.2) is 28.2 Å². The first-order chi connectivity index (χ1) is 17.9. The van der Waals surface area contributed by atoms with E-state index in [1.54, 1.807) is 0 Å². The first-order valence-electron chi connectivity index (χ1n) is 12.6. The van der Waals surface area contributed by atoms with Crippen molar-refractivity contribution in [3.63, 3.8) is 0 Å². The highest BCUT2D eigenvalue weighted by Gasteiger charge is 2.09. The van der Waals surface area contributed by atoms with Gasteiger partial charge in [0.2, 0.25) is 0 Å². The van der Waals surface area contributed by atoms with E-state index in [9.17, 15) is 0 Å². The van der Waals surface area contributed by atoms with E-state index in [-0.39, 0.29) is 0 Å². The van der Waals surface area contributed by atoms with Gasteiger partial charge in [-0.2, -0.15) is 0 Å². The maximum absolute atomic E-state index is 2.58. The monoisotopic (exact) mass is 494 g/mol. The average Bonchev–Trinajstić information content (AvgIpc) is 2.96. The van der Waals surface area contributed by atoms with Crippen molar-refractivity contribution in [2.75, 3.05) is 0 Å². The second-order valence-corrected chi connectivity index (χ2v) is 13.7. The van der Waals surface area contributed by atoms with Crippen LogP contribution in [0.4, 0.5) is 0 Å². The van der Waals surface area contributed by atoms with Crippen molar-refractivity contribution in [1.29, 1.82) is 0 Å². The summed E-state index contributed by atoms with van der Waals surface area (Å²) in [6, 6.07) is 53.0. The summed E-state index contributed by atoms with van der Waals surface area (Å²) in [5.41, 5.74) is 8.03. The Morgan fingerprint density at radius 2 is 0.583 bits per heavy atom. The molecule has 0 aliphatic rings. The van der Waals surface area contributed by atoms with E-state index >= 15 is 0 Å². The van der Waals surface area contributed by atoms with Crippen LogP contribution >= 0.6 is 0 Å². The van der Waals surface area contributed by atoms with Gasteiger partial charge in [0.25, 0.3) is 0 Å². The highest BCUT2D eigenvalue weighted by Crippen LogP contribution is 2.09. The fraction of sp³-hybridized carbons (Fsp3) is 0.0588. The molecule has 0 spiro atoms. The van der Waals surface area contributed by atoms with Gasteiger partial charge in [0, 0.05) is 0 Å². The molecule has 174 valence electrons. The third kappa shape index (κ3) is 6.09. The smallest absolute Gasteiger partial charge is 0.0763 e. The molecule has 0 saturated heterocycles. The van der Waals surface area contributed by atoms with Gasteiger partial charge in [-0.25, -0.2) is 0 Å². The van der Waals surface area contributed by atoms with Crippen molar-refractivity contribution < 1.29 is 0 Å². The third-order valence-electron chi connectivity index (χ3n) is 6.51.